The molecule has 0 aliphatic carbocycles. The van der Waals surface area contributed by atoms with Crippen LogP contribution in [-0.2, 0) is 4.79 Å². The molecule has 0 heterocycles. The second-order valence-electron chi connectivity index (χ2n) is 7.57. The van der Waals surface area contributed by atoms with E-state index in [1.807, 2.05) is 0 Å². The Morgan fingerprint density at radius 3 is 1.62 bits per heavy atom. The van der Waals surface area contributed by atoms with Crippen molar-refractivity contribution in [1.82, 2.24) is 5.32 Å². The Kier molecular flexibility index (Phi) is 17.3. The van der Waals surface area contributed by atoms with Crippen LogP contribution in [-0.4, -0.2) is 46.1 Å². The van der Waals surface area contributed by atoms with Crippen LogP contribution in [0, 0.1) is 0 Å². The van der Waals surface area contributed by atoms with E-state index in [2.05, 4.69) is 12.2 Å². The SMILES string of the molecule is CCCCCCCCCCCCCCC[C@@H](O)[C@H](CO)NC(=O)[C@@H](C)O. The lowest BCUT2D eigenvalue weighted by atomic mass is 10.0. The molecule has 26 heavy (non-hydrogen) atoms. The highest BCUT2D eigenvalue weighted by molar-refractivity contribution is 5.80. The van der Waals surface area contributed by atoms with Crippen molar-refractivity contribution in [3.05, 3.63) is 0 Å². The van der Waals surface area contributed by atoms with Gasteiger partial charge in [0.1, 0.15) is 6.10 Å². The van der Waals surface area contributed by atoms with Gasteiger partial charge in [0.25, 0.3) is 0 Å². The normalized spacial score (nSPS) is 14.8. The third-order valence-corrected chi connectivity index (χ3v) is 4.97. The minimum atomic E-state index is -1.13. The molecule has 4 N–H and O–H groups in total. The monoisotopic (exact) mass is 373 g/mol. The first kappa shape index (κ1) is 25.4. The summed E-state index contributed by atoms with van der Waals surface area (Å²) < 4.78 is 0. The second-order valence-corrected chi connectivity index (χ2v) is 7.57. The number of aliphatic hydroxyl groups excluding tert-OH is 3. The van der Waals surface area contributed by atoms with E-state index in [0.717, 1.165) is 12.8 Å². The van der Waals surface area contributed by atoms with Crippen molar-refractivity contribution >= 4 is 5.91 Å². The number of amides is 1. The summed E-state index contributed by atoms with van der Waals surface area (Å²) in [5, 5.41) is 31.0. The predicted molar refractivity (Wildman–Crippen MR) is 107 cm³/mol. The van der Waals surface area contributed by atoms with Crippen LogP contribution in [0.25, 0.3) is 0 Å². The minimum absolute atomic E-state index is 0.321. The molecule has 156 valence electrons. The van der Waals surface area contributed by atoms with Gasteiger partial charge in [-0.05, 0) is 13.3 Å². The van der Waals surface area contributed by atoms with Gasteiger partial charge in [-0.3, -0.25) is 4.79 Å². The Morgan fingerprint density at radius 1 is 0.808 bits per heavy atom. The van der Waals surface area contributed by atoms with Crippen molar-refractivity contribution in [2.75, 3.05) is 6.61 Å². The van der Waals surface area contributed by atoms with Crippen molar-refractivity contribution < 1.29 is 20.1 Å². The van der Waals surface area contributed by atoms with E-state index >= 15 is 0 Å². The average Bonchev–Trinajstić information content (AvgIpc) is 2.62. The van der Waals surface area contributed by atoms with E-state index in [1.165, 1.54) is 77.6 Å². The molecule has 0 rings (SSSR count). The van der Waals surface area contributed by atoms with E-state index in [1.54, 1.807) is 0 Å². The van der Waals surface area contributed by atoms with Crippen LogP contribution in [0.2, 0.25) is 0 Å². The fraction of sp³-hybridized carbons (Fsp3) is 0.952. The largest absolute Gasteiger partial charge is 0.394 e. The number of hydrogen-bond acceptors (Lipinski definition) is 4. The number of unbranched alkanes of at least 4 members (excludes halogenated alkanes) is 12. The van der Waals surface area contributed by atoms with Crippen LogP contribution in [0.3, 0.4) is 0 Å². The zero-order valence-electron chi connectivity index (χ0n) is 17.1. The van der Waals surface area contributed by atoms with E-state index in [4.69, 9.17) is 0 Å². The van der Waals surface area contributed by atoms with Crippen LogP contribution in [0.15, 0.2) is 0 Å². The maximum Gasteiger partial charge on any atom is 0.248 e. The van der Waals surface area contributed by atoms with Crippen molar-refractivity contribution in [3.63, 3.8) is 0 Å². The van der Waals surface area contributed by atoms with Gasteiger partial charge >= 0.3 is 0 Å². The molecule has 0 bridgehead atoms. The highest BCUT2D eigenvalue weighted by Gasteiger charge is 2.21. The average molecular weight is 374 g/mol. The Labute approximate surface area is 160 Å². The quantitative estimate of drug-likeness (QED) is 0.276. The molecular weight excluding hydrogens is 330 g/mol. The lowest BCUT2D eigenvalue weighted by molar-refractivity contribution is -0.130. The lowest BCUT2D eigenvalue weighted by Gasteiger charge is -2.23. The van der Waals surface area contributed by atoms with Gasteiger partial charge in [-0.2, -0.15) is 0 Å². The maximum absolute atomic E-state index is 11.4. The first-order chi connectivity index (χ1) is 12.5. The molecule has 0 saturated heterocycles. The zero-order valence-corrected chi connectivity index (χ0v) is 17.1. The molecule has 0 radical (unpaired) electrons. The first-order valence-electron chi connectivity index (χ1n) is 10.8. The highest BCUT2D eigenvalue weighted by Crippen LogP contribution is 2.14. The lowest BCUT2D eigenvalue weighted by Crippen LogP contribution is -2.48. The summed E-state index contributed by atoms with van der Waals surface area (Å²) >= 11 is 0. The van der Waals surface area contributed by atoms with Crippen molar-refractivity contribution in [2.45, 2.75) is 122 Å². The number of aliphatic hydroxyl groups is 3. The minimum Gasteiger partial charge on any atom is -0.394 e. The summed E-state index contributed by atoms with van der Waals surface area (Å²) in [6, 6.07) is -0.700. The van der Waals surface area contributed by atoms with E-state index in [-0.39, 0.29) is 6.61 Å². The van der Waals surface area contributed by atoms with Crippen molar-refractivity contribution in [1.29, 1.82) is 0 Å². The van der Waals surface area contributed by atoms with Crippen LogP contribution < -0.4 is 5.32 Å². The molecule has 0 fully saturated rings. The van der Waals surface area contributed by atoms with Crippen molar-refractivity contribution in [3.8, 4) is 0 Å². The van der Waals surface area contributed by atoms with Crippen LogP contribution in [0.1, 0.15) is 104 Å². The molecule has 0 aromatic rings. The standard InChI is InChI=1S/C21H43NO4/c1-3-4-5-6-7-8-9-10-11-12-13-14-15-16-20(25)19(17-23)22-21(26)18(2)24/h18-20,23-25H,3-17H2,1-2H3,(H,22,26)/t18-,19+,20-/m1/s1. The molecular formula is C21H43NO4. The number of nitrogens with one attached hydrogen (secondary N) is 1. The Balaban J connectivity index is 3.49. The third-order valence-electron chi connectivity index (χ3n) is 4.97. The number of carbonyl (C=O) groups excluding carboxylic acids is 1. The van der Waals surface area contributed by atoms with Gasteiger partial charge < -0.3 is 20.6 Å². The summed E-state index contributed by atoms with van der Waals surface area (Å²) in [5.74, 6) is -0.562. The summed E-state index contributed by atoms with van der Waals surface area (Å²) in [7, 11) is 0. The fourth-order valence-electron chi connectivity index (χ4n) is 3.14. The molecule has 0 aromatic heterocycles. The number of carbonyl (C=O) groups is 1. The number of hydrogen-bond donors (Lipinski definition) is 4. The van der Waals surface area contributed by atoms with Crippen molar-refractivity contribution in [2.24, 2.45) is 0 Å². The Bertz CT molecular complexity index is 323. The molecule has 0 unspecified atom stereocenters. The smallest absolute Gasteiger partial charge is 0.248 e. The molecule has 0 spiro atoms. The molecule has 0 saturated carbocycles. The van der Waals surface area contributed by atoms with Gasteiger partial charge in [0.15, 0.2) is 0 Å². The van der Waals surface area contributed by atoms with Crippen LogP contribution in [0.5, 0.6) is 0 Å². The zero-order chi connectivity index (χ0) is 19.6. The molecule has 0 aliphatic heterocycles. The summed E-state index contributed by atoms with van der Waals surface area (Å²) in [4.78, 5) is 11.4. The third kappa shape index (κ3) is 14.5. The van der Waals surface area contributed by atoms with Gasteiger partial charge in [-0.15, -0.1) is 0 Å². The van der Waals surface area contributed by atoms with E-state index < -0.39 is 24.2 Å². The van der Waals surface area contributed by atoms with Gasteiger partial charge in [-0.1, -0.05) is 90.4 Å². The summed E-state index contributed by atoms with van der Waals surface area (Å²) in [6.45, 7) is 3.29. The molecule has 5 nitrogen and oxygen atoms in total. The van der Waals surface area contributed by atoms with Crippen LogP contribution in [0.4, 0.5) is 0 Å². The fourth-order valence-corrected chi connectivity index (χ4v) is 3.14. The van der Waals surface area contributed by atoms with Gasteiger partial charge in [0.2, 0.25) is 5.91 Å². The van der Waals surface area contributed by atoms with Gasteiger partial charge in [0, 0.05) is 0 Å². The Hall–Kier alpha value is -0.650. The maximum atomic E-state index is 11.4. The van der Waals surface area contributed by atoms with Gasteiger partial charge in [-0.25, -0.2) is 0 Å². The molecule has 0 aromatic carbocycles. The van der Waals surface area contributed by atoms with Gasteiger partial charge in [0.05, 0.1) is 18.8 Å². The summed E-state index contributed by atoms with van der Waals surface area (Å²) in [5.41, 5.74) is 0. The van der Waals surface area contributed by atoms with Crippen LogP contribution >= 0.6 is 0 Å². The second kappa shape index (κ2) is 17.7. The summed E-state index contributed by atoms with van der Waals surface area (Å²) in [6.07, 6.45) is 15.2. The van der Waals surface area contributed by atoms with E-state index in [0.29, 0.717) is 6.42 Å². The predicted octanol–water partition coefficient (Wildman–Crippen LogP) is 3.69. The Morgan fingerprint density at radius 2 is 1.23 bits per heavy atom. The number of rotatable bonds is 18. The van der Waals surface area contributed by atoms with E-state index in [9.17, 15) is 20.1 Å². The first-order valence-corrected chi connectivity index (χ1v) is 10.8. The molecule has 1 amide bonds. The molecule has 3 atom stereocenters. The molecule has 5 heteroatoms. The molecule has 0 aliphatic rings. The highest BCUT2D eigenvalue weighted by atomic mass is 16.3. The topological polar surface area (TPSA) is 89.8 Å².